The molecule has 0 radical (unpaired) electrons. The van der Waals surface area contributed by atoms with Crippen molar-refractivity contribution in [3.63, 3.8) is 0 Å². The van der Waals surface area contributed by atoms with E-state index in [2.05, 4.69) is 22.6 Å². The molecule has 1 aromatic rings. The summed E-state index contributed by atoms with van der Waals surface area (Å²) < 4.78 is 10.9. The van der Waals surface area contributed by atoms with Crippen LogP contribution in [0.2, 0.25) is 0 Å². The monoisotopic (exact) mass is 375 g/mol. The first-order chi connectivity index (χ1) is 13.1. The van der Waals surface area contributed by atoms with Gasteiger partial charge < -0.3 is 25.0 Å². The van der Waals surface area contributed by atoms with Crippen molar-refractivity contribution in [3.05, 3.63) is 29.8 Å². The molecule has 1 aliphatic carbocycles. The maximum absolute atomic E-state index is 12.5. The maximum atomic E-state index is 12.5. The van der Waals surface area contributed by atoms with Crippen LogP contribution in [0.3, 0.4) is 0 Å². The van der Waals surface area contributed by atoms with Crippen molar-refractivity contribution in [3.8, 4) is 5.75 Å². The second-order valence-electron chi connectivity index (χ2n) is 7.88. The second-order valence-corrected chi connectivity index (χ2v) is 7.88. The van der Waals surface area contributed by atoms with Gasteiger partial charge in [-0.1, -0.05) is 12.1 Å². The highest BCUT2D eigenvalue weighted by molar-refractivity contribution is 5.82. The van der Waals surface area contributed by atoms with Crippen LogP contribution in [0.5, 0.6) is 5.75 Å². The topological polar surface area (TPSA) is 62.8 Å². The van der Waals surface area contributed by atoms with E-state index in [9.17, 15) is 4.79 Å². The van der Waals surface area contributed by atoms with Gasteiger partial charge in [0.2, 0.25) is 5.91 Å². The quantitative estimate of drug-likeness (QED) is 0.651. The first-order valence-electron chi connectivity index (χ1n) is 10.0. The molecular weight excluding hydrogens is 342 g/mol. The lowest BCUT2D eigenvalue weighted by Crippen LogP contribution is -2.33. The lowest BCUT2D eigenvalue weighted by Gasteiger charge is -2.23. The Balaban J connectivity index is 1.39. The number of methoxy groups -OCH3 is 1. The van der Waals surface area contributed by atoms with Crippen LogP contribution in [0.1, 0.15) is 24.8 Å². The molecule has 6 heteroatoms. The minimum Gasteiger partial charge on any atom is -0.492 e. The third-order valence-electron chi connectivity index (χ3n) is 5.89. The average Bonchev–Trinajstić information content (AvgIpc) is 3.38. The van der Waals surface area contributed by atoms with Crippen molar-refractivity contribution in [2.24, 2.45) is 11.3 Å². The zero-order valence-corrected chi connectivity index (χ0v) is 16.6. The van der Waals surface area contributed by atoms with Crippen LogP contribution in [0.4, 0.5) is 0 Å². The molecule has 0 bridgehead atoms. The highest BCUT2D eigenvalue weighted by atomic mass is 16.5. The van der Waals surface area contributed by atoms with Crippen molar-refractivity contribution in [2.75, 3.05) is 53.6 Å². The van der Waals surface area contributed by atoms with Crippen molar-refractivity contribution in [1.29, 1.82) is 0 Å². The molecule has 1 aliphatic heterocycles. The summed E-state index contributed by atoms with van der Waals surface area (Å²) in [6.07, 6.45) is 3.32. The van der Waals surface area contributed by atoms with Crippen LogP contribution in [-0.4, -0.2) is 64.4 Å². The van der Waals surface area contributed by atoms with Crippen molar-refractivity contribution in [1.82, 2.24) is 15.5 Å². The first-order valence-corrected chi connectivity index (χ1v) is 10.0. The maximum Gasteiger partial charge on any atom is 0.223 e. The van der Waals surface area contributed by atoms with Gasteiger partial charge in [-0.25, -0.2) is 0 Å². The summed E-state index contributed by atoms with van der Waals surface area (Å²) in [6, 6.07) is 8.00. The number of piperidine rings is 1. The van der Waals surface area contributed by atoms with Gasteiger partial charge in [-0.05, 0) is 62.5 Å². The van der Waals surface area contributed by atoms with E-state index in [0.717, 1.165) is 63.4 Å². The van der Waals surface area contributed by atoms with Crippen LogP contribution in [0.15, 0.2) is 24.3 Å². The summed E-state index contributed by atoms with van der Waals surface area (Å²) in [4.78, 5) is 14.7. The summed E-state index contributed by atoms with van der Waals surface area (Å²) in [5.74, 6) is 1.27. The van der Waals surface area contributed by atoms with Gasteiger partial charge in [-0.15, -0.1) is 0 Å². The SMILES string of the molecule is COCCN(C)CCOc1cccc(CNC(=O)C2CC23CCNCC3)c1. The molecule has 1 spiro atoms. The van der Waals surface area contributed by atoms with Gasteiger partial charge in [0.15, 0.2) is 0 Å². The van der Waals surface area contributed by atoms with E-state index < -0.39 is 0 Å². The van der Waals surface area contributed by atoms with Gasteiger partial charge in [0.25, 0.3) is 0 Å². The fraction of sp³-hybridized carbons (Fsp3) is 0.667. The predicted molar refractivity (Wildman–Crippen MR) is 106 cm³/mol. The van der Waals surface area contributed by atoms with E-state index in [0.29, 0.717) is 13.2 Å². The zero-order valence-electron chi connectivity index (χ0n) is 16.6. The lowest BCUT2D eigenvalue weighted by molar-refractivity contribution is -0.123. The Morgan fingerprint density at radius 2 is 2.07 bits per heavy atom. The van der Waals surface area contributed by atoms with E-state index in [4.69, 9.17) is 9.47 Å². The fourth-order valence-electron chi connectivity index (χ4n) is 3.93. The number of carbonyl (C=O) groups is 1. The number of hydrogen-bond acceptors (Lipinski definition) is 5. The Bertz CT molecular complexity index is 616. The number of amides is 1. The van der Waals surface area contributed by atoms with Crippen molar-refractivity contribution >= 4 is 5.91 Å². The molecule has 27 heavy (non-hydrogen) atoms. The highest BCUT2D eigenvalue weighted by Gasteiger charge is 2.57. The molecule has 1 aromatic carbocycles. The van der Waals surface area contributed by atoms with E-state index in [-0.39, 0.29) is 17.2 Å². The number of benzene rings is 1. The molecule has 3 rings (SSSR count). The van der Waals surface area contributed by atoms with Gasteiger partial charge in [0, 0.05) is 32.7 Å². The van der Waals surface area contributed by atoms with Gasteiger partial charge in [0.05, 0.1) is 6.61 Å². The summed E-state index contributed by atoms with van der Waals surface area (Å²) in [5, 5.41) is 6.50. The Labute approximate surface area is 162 Å². The zero-order chi connectivity index (χ0) is 19.1. The minimum atomic E-state index is 0.210. The molecule has 2 aliphatic rings. The molecule has 0 aromatic heterocycles. The lowest BCUT2D eigenvalue weighted by atomic mass is 9.92. The molecule has 1 saturated carbocycles. The van der Waals surface area contributed by atoms with Crippen molar-refractivity contribution in [2.45, 2.75) is 25.8 Å². The summed E-state index contributed by atoms with van der Waals surface area (Å²) in [5.41, 5.74) is 1.36. The Morgan fingerprint density at radius 3 is 2.85 bits per heavy atom. The van der Waals surface area contributed by atoms with Gasteiger partial charge in [0.1, 0.15) is 12.4 Å². The van der Waals surface area contributed by atoms with Crippen LogP contribution < -0.4 is 15.4 Å². The molecule has 1 saturated heterocycles. The van der Waals surface area contributed by atoms with Crippen LogP contribution >= 0.6 is 0 Å². The van der Waals surface area contributed by atoms with Crippen LogP contribution in [0, 0.1) is 11.3 Å². The smallest absolute Gasteiger partial charge is 0.223 e. The van der Waals surface area contributed by atoms with Gasteiger partial charge in [-0.3, -0.25) is 4.79 Å². The van der Waals surface area contributed by atoms with Crippen LogP contribution in [0.25, 0.3) is 0 Å². The van der Waals surface area contributed by atoms with Crippen LogP contribution in [-0.2, 0) is 16.1 Å². The fourth-order valence-corrected chi connectivity index (χ4v) is 3.93. The van der Waals surface area contributed by atoms with E-state index >= 15 is 0 Å². The third kappa shape index (κ3) is 5.67. The normalized spacial score (nSPS) is 20.6. The Hall–Kier alpha value is -1.63. The van der Waals surface area contributed by atoms with E-state index in [1.54, 1.807) is 7.11 Å². The molecular formula is C21H33N3O3. The highest BCUT2D eigenvalue weighted by Crippen LogP contribution is 2.58. The summed E-state index contributed by atoms with van der Waals surface area (Å²) in [7, 11) is 3.77. The number of nitrogens with zero attached hydrogens (tertiary/aromatic N) is 1. The number of nitrogens with one attached hydrogen (secondary N) is 2. The Morgan fingerprint density at radius 1 is 1.30 bits per heavy atom. The molecule has 1 unspecified atom stereocenters. The molecule has 6 nitrogen and oxygen atoms in total. The van der Waals surface area contributed by atoms with Gasteiger partial charge in [-0.2, -0.15) is 0 Å². The van der Waals surface area contributed by atoms with Gasteiger partial charge >= 0.3 is 0 Å². The summed E-state index contributed by atoms with van der Waals surface area (Å²) >= 11 is 0. The number of hydrogen-bond donors (Lipinski definition) is 2. The largest absolute Gasteiger partial charge is 0.492 e. The van der Waals surface area contributed by atoms with E-state index in [1.165, 1.54) is 0 Å². The molecule has 1 heterocycles. The number of rotatable bonds is 10. The Kier molecular flexibility index (Phi) is 7.10. The predicted octanol–water partition coefficient (Wildman–Crippen LogP) is 1.65. The number of likely N-dealkylation sites (N-methyl/N-ethyl adjacent to an activating group) is 1. The molecule has 1 amide bonds. The molecule has 2 N–H and O–H groups in total. The molecule has 1 atom stereocenters. The summed E-state index contributed by atoms with van der Waals surface area (Å²) in [6.45, 7) is 5.76. The molecule has 150 valence electrons. The van der Waals surface area contributed by atoms with Crippen molar-refractivity contribution < 1.29 is 14.3 Å². The average molecular weight is 376 g/mol. The standard InChI is InChI=1S/C21H33N3O3/c1-24(10-12-26-2)11-13-27-18-5-3-4-17(14-18)16-23-20(25)19-15-21(19)6-8-22-9-7-21/h3-5,14,19,22H,6-13,15-16H2,1-2H3,(H,23,25). The number of ether oxygens (including phenoxy) is 2. The first kappa shape index (κ1) is 20.1. The molecule has 2 fully saturated rings. The third-order valence-corrected chi connectivity index (χ3v) is 5.89. The van der Waals surface area contributed by atoms with E-state index in [1.807, 2.05) is 24.3 Å². The second kappa shape index (κ2) is 9.53. The number of carbonyl (C=O) groups excluding carboxylic acids is 1. The minimum absolute atomic E-state index is 0.210.